The maximum absolute atomic E-state index is 5.97. The zero-order valence-electron chi connectivity index (χ0n) is 11.2. The van der Waals surface area contributed by atoms with Gasteiger partial charge in [0.25, 0.3) is 0 Å². The molecule has 3 nitrogen and oxygen atoms in total. The Morgan fingerprint density at radius 1 is 1.26 bits per heavy atom. The second-order valence-electron chi connectivity index (χ2n) is 4.61. The topological polar surface area (TPSA) is 48.1 Å². The van der Waals surface area contributed by atoms with E-state index in [2.05, 4.69) is 27.8 Å². The first-order valence-corrected chi connectivity index (χ1v) is 7.48. The Morgan fingerprint density at radius 3 is 2.89 bits per heavy atom. The second-order valence-corrected chi connectivity index (χ2v) is 5.53. The molecule has 0 radical (unpaired) electrons. The minimum Gasteiger partial charge on any atom is -0.491 e. The molecule has 0 atom stereocenters. The van der Waals surface area contributed by atoms with E-state index in [0.717, 1.165) is 39.8 Å². The van der Waals surface area contributed by atoms with E-state index in [-0.39, 0.29) is 0 Å². The number of nitrogens with two attached hydrogens (primary N) is 1. The summed E-state index contributed by atoms with van der Waals surface area (Å²) in [7, 11) is 0. The fraction of sp³-hybridized carbons (Fsp3) is 0.400. The number of pyridine rings is 1. The molecule has 19 heavy (non-hydrogen) atoms. The predicted octanol–water partition coefficient (Wildman–Crippen LogP) is 4.54. The van der Waals surface area contributed by atoms with Crippen molar-refractivity contribution < 1.29 is 4.74 Å². The molecule has 0 bridgehead atoms. The largest absolute Gasteiger partial charge is 0.491 e. The van der Waals surface area contributed by atoms with Gasteiger partial charge in [0.15, 0.2) is 0 Å². The zero-order chi connectivity index (χ0) is 13.7. The molecule has 0 saturated carbocycles. The van der Waals surface area contributed by atoms with Crippen LogP contribution in [0.2, 0.25) is 0 Å². The molecule has 1 heterocycles. The molecule has 2 N–H and O–H groups in total. The molecule has 0 aliphatic rings. The Labute approximate surface area is 122 Å². The molecule has 1 aromatic heterocycles. The van der Waals surface area contributed by atoms with Crippen molar-refractivity contribution in [3.8, 4) is 5.75 Å². The summed E-state index contributed by atoms with van der Waals surface area (Å²) in [5, 5.41) is 0.931. The van der Waals surface area contributed by atoms with Crippen molar-refractivity contribution >= 4 is 32.5 Å². The molecule has 0 fully saturated rings. The van der Waals surface area contributed by atoms with Gasteiger partial charge in [-0.05, 0) is 40.5 Å². The van der Waals surface area contributed by atoms with Crippen LogP contribution in [-0.2, 0) is 0 Å². The zero-order valence-corrected chi connectivity index (χ0v) is 12.7. The predicted molar refractivity (Wildman–Crippen MR) is 83.5 cm³/mol. The van der Waals surface area contributed by atoms with Gasteiger partial charge in [-0.25, -0.2) is 0 Å². The molecule has 0 saturated heterocycles. The number of rotatable bonds is 6. The highest BCUT2D eigenvalue weighted by Gasteiger charge is 2.07. The number of aromatic nitrogens is 1. The summed E-state index contributed by atoms with van der Waals surface area (Å²) >= 11 is 3.41. The quantitative estimate of drug-likeness (QED) is 0.627. The summed E-state index contributed by atoms with van der Waals surface area (Å²) in [4.78, 5) is 4.40. The Hall–Kier alpha value is -1.29. The van der Waals surface area contributed by atoms with Gasteiger partial charge in [-0.1, -0.05) is 26.2 Å². The molecule has 0 unspecified atom stereocenters. The molecule has 0 aliphatic carbocycles. The van der Waals surface area contributed by atoms with E-state index in [1.165, 1.54) is 19.3 Å². The highest BCUT2D eigenvalue weighted by atomic mass is 79.9. The third kappa shape index (κ3) is 3.60. The van der Waals surface area contributed by atoms with Gasteiger partial charge in [0.1, 0.15) is 11.3 Å². The standard InChI is InChI=1S/C15H19BrN2O/c1-2-3-4-5-8-19-14-7-6-13(17)12-9-11(16)10-18-15(12)14/h6-7,9-10H,2-5,8,17H2,1H3. The van der Waals surface area contributed by atoms with Crippen LogP contribution >= 0.6 is 15.9 Å². The second kappa shape index (κ2) is 6.75. The van der Waals surface area contributed by atoms with Gasteiger partial charge in [0.05, 0.1) is 6.61 Å². The number of hydrogen-bond donors (Lipinski definition) is 1. The van der Waals surface area contributed by atoms with Crippen molar-refractivity contribution in [2.45, 2.75) is 32.6 Å². The number of fused-ring (bicyclic) bond motifs is 1. The lowest BCUT2D eigenvalue weighted by Gasteiger charge is -2.10. The van der Waals surface area contributed by atoms with Crippen LogP contribution < -0.4 is 10.5 Å². The fourth-order valence-corrected chi connectivity index (χ4v) is 2.35. The van der Waals surface area contributed by atoms with E-state index in [1.807, 2.05) is 18.2 Å². The Balaban J connectivity index is 2.13. The van der Waals surface area contributed by atoms with E-state index in [1.54, 1.807) is 6.20 Å². The first kappa shape index (κ1) is 14.1. The molecule has 2 aromatic rings. The lowest BCUT2D eigenvalue weighted by molar-refractivity contribution is 0.308. The van der Waals surface area contributed by atoms with Crippen LogP contribution in [0.3, 0.4) is 0 Å². The van der Waals surface area contributed by atoms with Gasteiger partial charge >= 0.3 is 0 Å². The van der Waals surface area contributed by atoms with E-state index in [9.17, 15) is 0 Å². The van der Waals surface area contributed by atoms with Gasteiger partial charge in [-0.15, -0.1) is 0 Å². The lowest BCUT2D eigenvalue weighted by Crippen LogP contribution is -1.99. The first-order valence-electron chi connectivity index (χ1n) is 6.69. The van der Waals surface area contributed by atoms with Crippen LogP contribution in [0.25, 0.3) is 10.9 Å². The molecule has 0 amide bonds. The molecule has 2 rings (SSSR count). The highest BCUT2D eigenvalue weighted by molar-refractivity contribution is 9.10. The minimum atomic E-state index is 0.724. The molecule has 0 aliphatic heterocycles. The smallest absolute Gasteiger partial charge is 0.145 e. The van der Waals surface area contributed by atoms with Crippen LogP contribution in [0.1, 0.15) is 32.6 Å². The monoisotopic (exact) mass is 322 g/mol. The van der Waals surface area contributed by atoms with Crippen LogP contribution in [0, 0.1) is 0 Å². The third-order valence-electron chi connectivity index (χ3n) is 3.07. The van der Waals surface area contributed by atoms with E-state index < -0.39 is 0 Å². The number of unbranched alkanes of at least 4 members (excludes halogenated alkanes) is 3. The minimum absolute atomic E-state index is 0.724. The highest BCUT2D eigenvalue weighted by Crippen LogP contribution is 2.30. The van der Waals surface area contributed by atoms with Gasteiger partial charge < -0.3 is 10.5 Å². The maximum Gasteiger partial charge on any atom is 0.145 e. The van der Waals surface area contributed by atoms with Crippen molar-refractivity contribution in [2.24, 2.45) is 0 Å². The Bertz CT molecular complexity index is 557. The summed E-state index contributed by atoms with van der Waals surface area (Å²) < 4.78 is 6.75. The van der Waals surface area contributed by atoms with Crippen molar-refractivity contribution in [1.29, 1.82) is 0 Å². The normalized spacial score (nSPS) is 10.8. The molecule has 102 valence electrons. The Kier molecular flexibility index (Phi) is 5.02. The summed E-state index contributed by atoms with van der Waals surface area (Å²) in [5.41, 5.74) is 7.53. The lowest BCUT2D eigenvalue weighted by atomic mass is 10.1. The fourth-order valence-electron chi connectivity index (χ4n) is 2.02. The van der Waals surface area contributed by atoms with E-state index in [4.69, 9.17) is 10.5 Å². The van der Waals surface area contributed by atoms with Gasteiger partial charge in [0.2, 0.25) is 0 Å². The maximum atomic E-state index is 5.97. The van der Waals surface area contributed by atoms with Crippen LogP contribution in [0.15, 0.2) is 28.9 Å². The summed E-state index contributed by atoms with van der Waals surface area (Å²) in [6.07, 6.45) is 6.56. The van der Waals surface area contributed by atoms with Crippen LogP contribution in [-0.4, -0.2) is 11.6 Å². The molecular formula is C15H19BrN2O. The summed E-state index contributed by atoms with van der Waals surface area (Å²) in [6.45, 7) is 2.94. The number of nitrogen functional groups attached to an aromatic ring is 1. The average Bonchev–Trinajstić information content (AvgIpc) is 2.41. The molecular weight excluding hydrogens is 304 g/mol. The Morgan fingerprint density at radius 2 is 2.11 bits per heavy atom. The molecule has 0 spiro atoms. The average molecular weight is 323 g/mol. The number of benzene rings is 1. The number of ether oxygens (including phenoxy) is 1. The SMILES string of the molecule is CCCCCCOc1ccc(N)c2cc(Br)cnc12. The summed E-state index contributed by atoms with van der Waals surface area (Å²) in [5.74, 6) is 0.813. The molecule has 4 heteroatoms. The van der Waals surface area contributed by atoms with Crippen molar-refractivity contribution in [3.05, 3.63) is 28.9 Å². The van der Waals surface area contributed by atoms with Gasteiger partial charge in [0, 0.05) is 21.7 Å². The number of halogens is 1. The third-order valence-corrected chi connectivity index (χ3v) is 3.50. The van der Waals surface area contributed by atoms with E-state index in [0.29, 0.717) is 0 Å². The number of nitrogens with zero attached hydrogens (tertiary/aromatic N) is 1. The van der Waals surface area contributed by atoms with Crippen LogP contribution in [0.4, 0.5) is 5.69 Å². The van der Waals surface area contributed by atoms with Crippen molar-refractivity contribution in [1.82, 2.24) is 4.98 Å². The van der Waals surface area contributed by atoms with Crippen molar-refractivity contribution in [2.75, 3.05) is 12.3 Å². The number of hydrogen-bond acceptors (Lipinski definition) is 3. The number of anilines is 1. The van der Waals surface area contributed by atoms with E-state index >= 15 is 0 Å². The first-order chi connectivity index (χ1) is 9.22. The summed E-state index contributed by atoms with van der Waals surface area (Å²) in [6, 6.07) is 5.75. The van der Waals surface area contributed by atoms with Gasteiger partial charge in [-0.2, -0.15) is 0 Å². The van der Waals surface area contributed by atoms with Crippen LogP contribution in [0.5, 0.6) is 5.75 Å². The van der Waals surface area contributed by atoms with Crippen molar-refractivity contribution in [3.63, 3.8) is 0 Å². The molecule has 1 aromatic carbocycles. The van der Waals surface area contributed by atoms with Gasteiger partial charge in [-0.3, -0.25) is 4.98 Å².